The summed E-state index contributed by atoms with van der Waals surface area (Å²) >= 11 is 0. The van der Waals surface area contributed by atoms with Crippen molar-refractivity contribution >= 4 is 15.9 Å². The largest absolute Gasteiger partial charge is 0.369 e. The van der Waals surface area contributed by atoms with Crippen LogP contribution in [0.1, 0.15) is 20.3 Å². The average Bonchev–Trinajstić information content (AvgIpc) is 2.61. The van der Waals surface area contributed by atoms with E-state index in [9.17, 15) is 13.2 Å². The summed E-state index contributed by atoms with van der Waals surface area (Å²) in [6, 6.07) is 0. The predicted octanol–water partition coefficient (Wildman–Crippen LogP) is -1.14. The highest BCUT2D eigenvalue weighted by molar-refractivity contribution is 7.89. The van der Waals surface area contributed by atoms with Gasteiger partial charge in [0.1, 0.15) is 0 Å². The topological polar surface area (TPSA) is 106 Å². The lowest BCUT2D eigenvalue weighted by molar-refractivity contribution is -0.126. The average molecular weight is 249 g/mol. The molecule has 1 aliphatic rings. The van der Waals surface area contributed by atoms with E-state index in [4.69, 9.17) is 11.5 Å². The zero-order chi connectivity index (χ0) is 12.6. The van der Waals surface area contributed by atoms with E-state index in [-0.39, 0.29) is 13.1 Å². The molecule has 0 saturated carbocycles. The zero-order valence-corrected chi connectivity index (χ0v) is 10.5. The number of amides is 1. The molecule has 4 N–H and O–H groups in total. The molecule has 0 aliphatic carbocycles. The Bertz CT molecular complexity index is 381. The number of hydrogen-bond donors (Lipinski definition) is 2. The summed E-state index contributed by atoms with van der Waals surface area (Å²) in [5.74, 6) is -0.453. The summed E-state index contributed by atoms with van der Waals surface area (Å²) in [6.45, 7) is 3.83. The van der Waals surface area contributed by atoms with Crippen LogP contribution in [-0.4, -0.2) is 43.5 Å². The van der Waals surface area contributed by atoms with Crippen LogP contribution in [0.5, 0.6) is 0 Å². The number of nitrogens with zero attached hydrogens (tertiary/aromatic N) is 1. The third kappa shape index (κ3) is 2.21. The fourth-order valence-electron chi connectivity index (χ4n) is 1.71. The lowest BCUT2D eigenvalue weighted by Gasteiger charge is -2.23. The number of sulfonamides is 1. The predicted molar refractivity (Wildman–Crippen MR) is 60.9 cm³/mol. The van der Waals surface area contributed by atoms with Gasteiger partial charge in [0.2, 0.25) is 15.9 Å². The van der Waals surface area contributed by atoms with Gasteiger partial charge in [0.05, 0.1) is 10.7 Å². The Morgan fingerprint density at radius 1 is 1.56 bits per heavy atom. The van der Waals surface area contributed by atoms with Gasteiger partial charge in [0.25, 0.3) is 0 Å². The van der Waals surface area contributed by atoms with Crippen molar-refractivity contribution in [3.63, 3.8) is 0 Å². The van der Waals surface area contributed by atoms with Crippen molar-refractivity contribution in [1.82, 2.24) is 4.31 Å². The Balaban J connectivity index is 2.85. The number of primary amides is 1. The minimum Gasteiger partial charge on any atom is -0.369 e. The third-order valence-electron chi connectivity index (χ3n) is 3.23. The molecule has 1 rings (SSSR count). The first-order valence-electron chi connectivity index (χ1n) is 5.23. The maximum Gasteiger partial charge on any atom is 0.224 e. The van der Waals surface area contributed by atoms with Gasteiger partial charge in [-0.3, -0.25) is 4.79 Å². The Morgan fingerprint density at radius 3 is 2.50 bits per heavy atom. The Kier molecular flexibility index (Phi) is 3.61. The van der Waals surface area contributed by atoms with E-state index in [1.807, 2.05) is 0 Å². The molecule has 0 aromatic carbocycles. The normalized spacial score (nSPS) is 29.2. The van der Waals surface area contributed by atoms with Crippen LogP contribution >= 0.6 is 0 Å². The van der Waals surface area contributed by atoms with Crippen molar-refractivity contribution in [3.05, 3.63) is 0 Å². The second kappa shape index (κ2) is 4.31. The number of hydrogen-bond acceptors (Lipinski definition) is 4. The molecule has 6 nitrogen and oxygen atoms in total. The Labute approximate surface area is 96.0 Å². The van der Waals surface area contributed by atoms with Gasteiger partial charge in [-0.25, -0.2) is 12.7 Å². The van der Waals surface area contributed by atoms with Crippen LogP contribution in [0.15, 0.2) is 0 Å². The minimum absolute atomic E-state index is 0.0755. The molecular weight excluding hydrogens is 230 g/mol. The SMILES string of the molecule is CC(CN)S(=O)(=O)N1CCC(C)(C(N)=O)C1. The van der Waals surface area contributed by atoms with Gasteiger partial charge in [-0.05, 0) is 20.3 Å². The van der Waals surface area contributed by atoms with Crippen LogP contribution in [0.2, 0.25) is 0 Å². The van der Waals surface area contributed by atoms with Crippen molar-refractivity contribution in [3.8, 4) is 0 Å². The summed E-state index contributed by atoms with van der Waals surface area (Å²) in [4.78, 5) is 11.2. The monoisotopic (exact) mass is 249 g/mol. The molecule has 0 bridgehead atoms. The van der Waals surface area contributed by atoms with Crippen LogP contribution in [0.3, 0.4) is 0 Å². The molecule has 7 heteroatoms. The van der Waals surface area contributed by atoms with E-state index in [2.05, 4.69) is 0 Å². The van der Waals surface area contributed by atoms with Gasteiger partial charge in [-0.15, -0.1) is 0 Å². The van der Waals surface area contributed by atoms with Crippen LogP contribution in [-0.2, 0) is 14.8 Å². The molecule has 2 atom stereocenters. The summed E-state index contributed by atoms with van der Waals surface area (Å²) in [6.07, 6.45) is 0.471. The molecule has 94 valence electrons. The molecule has 0 aromatic heterocycles. The maximum absolute atomic E-state index is 12.0. The zero-order valence-electron chi connectivity index (χ0n) is 9.64. The first-order chi connectivity index (χ1) is 7.24. The first-order valence-corrected chi connectivity index (χ1v) is 6.73. The van der Waals surface area contributed by atoms with E-state index < -0.39 is 26.6 Å². The second-order valence-corrected chi connectivity index (χ2v) is 6.95. The highest BCUT2D eigenvalue weighted by Gasteiger charge is 2.44. The van der Waals surface area contributed by atoms with Gasteiger partial charge in [0, 0.05) is 19.6 Å². The van der Waals surface area contributed by atoms with Gasteiger partial charge in [-0.2, -0.15) is 0 Å². The van der Waals surface area contributed by atoms with E-state index in [0.29, 0.717) is 13.0 Å². The number of rotatable bonds is 4. The first kappa shape index (κ1) is 13.4. The fraction of sp³-hybridized carbons (Fsp3) is 0.889. The van der Waals surface area contributed by atoms with Crippen LogP contribution in [0, 0.1) is 5.41 Å². The van der Waals surface area contributed by atoms with Gasteiger partial charge in [0.15, 0.2) is 0 Å². The molecule has 0 spiro atoms. The Hall–Kier alpha value is -0.660. The Morgan fingerprint density at radius 2 is 2.12 bits per heavy atom. The highest BCUT2D eigenvalue weighted by Crippen LogP contribution is 2.31. The molecule has 16 heavy (non-hydrogen) atoms. The van der Waals surface area contributed by atoms with Crippen molar-refractivity contribution in [1.29, 1.82) is 0 Å². The number of carbonyl (C=O) groups is 1. The summed E-state index contributed by atoms with van der Waals surface area (Å²) in [5, 5.41) is -0.622. The summed E-state index contributed by atoms with van der Waals surface area (Å²) in [5.41, 5.74) is 9.87. The van der Waals surface area contributed by atoms with Crippen molar-refractivity contribution in [2.75, 3.05) is 19.6 Å². The van der Waals surface area contributed by atoms with Crippen molar-refractivity contribution in [2.45, 2.75) is 25.5 Å². The molecule has 1 fully saturated rings. The van der Waals surface area contributed by atoms with E-state index in [1.54, 1.807) is 13.8 Å². The minimum atomic E-state index is -3.39. The lowest BCUT2D eigenvalue weighted by atomic mass is 9.89. The van der Waals surface area contributed by atoms with Gasteiger partial charge < -0.3 is 11.5 Å². The second-order valence-electron chi connectivity index (χ2n) is 4.60. The molecule has 1 aliphatic heterocycles. The quantitative estimate of drug-likeness (QED) is 0.656. The molecule has 0 aromatic rings. The smallest absolute Gasteiger partial charge is 0.224 e. The molecule has 1 saturated heterocycles. The molecule has 1 heterocycles. The lowest BCUT2D eigenvalue weighted by Crippen LogP contribution is -2.42. The van der Waals surface area contributed by atoms with Crippen LogP contribution < -0.4 is 11.5 Å². The van der Waals surface area contributed by atoms with Crippen molar-refractivity contribution < 1.29 is 13.2 Å². The van der Waals surface area contributed by atoms with E-state index in [1.165, 1.54) is 4.31 Å². The van der Waals surface area contributed by atoms with E-state index in [0.717, 1.165) is 0 Å². The number of carbonyl (C=O) groups excluding carboxylic acids is 1. The van der Waals surface area contributed by atoms with Gasteiger partial charge in [-0.1, -0.05) is 0 Å². The highest BCUT2D eigenvalue weighted by atomic mass is 32.2. The van der Waals surface area contributed by atoms with Crippen molar-refractivity contribution in [2.24, 2.45) is 16.9 Å². The van der Waals surface area contributed by atoms with Crippen LogP contribution in [0.25, 0.3) is 0 Å². The maximum atomic E-state index is 12.0. The number of nitrogens with two attached hydrogens (primary N) is 2. The molecule has 1 amide bonds. The molecule has 2 unspecified atom stereocenters. The van der Waals surface area contributed by atoms with Crippen LogP contribution in [0.4, 0.5) is 0 Å². The third-order valence-corrected chi connectivity index (χ3v) is 5.47. The van der Waals surface area contributed by atoms with Gasteiger partial charge >= 0.3 is 0 Å². The molecule has 0 radical (unpaired) electrons. The summed E-state index contributed by atoms with van der Waals surface area (Å²) < 4.78 is 25.3. The standard InChI is InChI=1S/C9H19N3O3S/c1-7(5-10)16(14,15)12-4-3-9(2,6-12)8(11)13/h7H,3-6,10H2,1-2H3,(H2,11,13). The van der Waals surface area contributed by atoms with E-state index >= 15 is 0 Å². The fourth-order valence-corrected chi connectivity index (χ4v) is 3.28. The molecular formula is C9H19N3O3S. The summed E-state index contributed by atoms with van der Waals surface area (Å²) in [7, 11) is -3.39.